The van der Waals surface area contributed by atoms with Gasteiger partial charge in [0.2, 0.25) is 5.91 Å². The number of hydrogen-bond donors (Lipinski definition) is 2. The zero-order valence-corrected chi connectivity index (χ0v) is 11.7. The number of nitrogens with one attached hydrogen (secondary N) is 1. The number of nitrogens with zero attached hydrogens (tertiary/aromatic N) is 1. The molecule has 0 unspecified atom stereocenters. The lowest BCUT2D eigenvalue weighted by atomic mass is 10.1. The maximum atomic E-state index is 11.8. The van der Waals surface area contributed by atoms with Gasteiger partial charge in [0.25, 0.3) is 0 Å². The number of imide groups is 1. The number of benzene rings is 1. The molecule has 0 aliphatic heterocycles. The summed E-state index contributed by atoms with van der Waals surface area (Å²) in [5.74, 6) is -2.25. The van der Waals surface area contributed by atoms with Crippen LogP contribution in [-0.2, 0) is 20.8 Å². The van der Waals surface area contributed by atoms with Gasteiger partial charge in [-0.25, -0.2) is 0 Å². The van der Waals surface area contributed by atoms with Crippen molar-refractivity contribution >= 4 is 23.4 Å². The number of amides is 3. The molecule has 0 saturated heterocycles. The van der Waals surface area contributed by atoms with E-state index in [0.29, 0.717) is 5.69 Å². The minimum atomic E-state index is -0.900. The average molecular weight is 277 g/mol. The van der Waals surface area contributed by atoms with Gasteiger partial charge in [-0.1, -0.05) is 19.1 Å². The van der Waals surface area contributed by atoms with Gasteiger partial charge in [-0.2, -0.15) is 0 Å². The zero-order valence-electron chi connectivity index (χ0n) is 11.7. The van der Waals surface area contributed by atoms with Crippen LogP contribution in [0.25, 0.3) is 0 Å². The number of rotatable bonds is 4. The van der Waals surface area contributed by atoms with Crippen molar-refractivity contribution in [1.82, 2.24) is 4.90 Å². The molecule has 108 valence electrons. The predicted molar refractivity (Wildman–Crippen MR) is 75.9 cm³/mol. The van der Waals surface area contributed by atoms with Gasteiger partial charge in [-0.3, -0.25) is 19.3 Å². The predicted octanol–water partition coefficient (Wildman–Crippen LogP) is 0.521. The van der Waals surface area contributed by atoms with E-state index in [1.807, 2.05) is 19.1 Å². The molecule has 3 amide bonds. The molecule has 0 atom stereocenters. The van der Waals surface area contributed by atoms with Crippen LogP contribution >= 0.6 is 0 Å². The molecule has 6 nitrogen and oxygen atoms in total. The van der Waals surface area contributed by atoms with Crippen LogP contribution in [0.2, 0.25) is 0 Å². The fourth-order valence-electron chi connectivity index (χ4n) is 1.66. The molecule has 0 aliphatic carbocycles. The first-order chi connectivity index (χ1) is 9.49. The van der Waals surface area contributed by atoms with Crippen LogP contribution < -0.4 is 11.1 Å². The van der Waals surface area contributed by atoms with Crippen LogP contribution in [0, 0.1) is 0 Å². The maximum Gasteiger partial charge on any atom is 0.318 e. The Morgan fingerprint density at radius 2 is 1.80 bits per heavy atom. The molecule has 1 rings (SSSR count). The van der Waals surface area contributed by atoms with Gasteiger partial charge in [0, 0.05) is 25.7 Å². The van der Waals surface area contributed by atoms with E-state index in [-0.39, 0.29) is 13.1 Å². The van der Waals surface area contributed by atoms with E-state index in [1.54, 1.807) is 12.1 Å². The Morgan fingerprint density at radius 1 is 1.20 bits per heavy atom. The van der Waals surface area contributed by atoms with E-state index in [2.05, 4.69) is 5.32 Å². The van der Waals surface area contributed by atoms with Crippen molar-refractivity contribution in [3.05, 3.63) is 29.8 Å². The van der Waals surface area contributed by atoms with E-state index >= 15 is 0 Å². The Labute approximate surface area is 117 Å². The van der Waals surface area contributed by atoms with Crippen molar-refractivity contribution < 1.29 is 14.4 Å². The third-order valence-corrected chi connectivity index (χ3v) is 2.79. The number of anilines is 1. The number of carbonyl (C=O) groups is 3. The first-order valence-corrected chi connectivity index (χ1v) is 6.42. The summed E-state index contributed by atoms with van der Waals surface area (Å²) < 4.78 is 0. The maximum absolute atomic E-state index is 11.8. The van der Waals surface area contributed by atoms with Gasteiger partial charge < -0.3 is 11.1 Å². The van der Waals surface area contributed by atoms with Crippen LogP contribution in [0.3, 0.4) is 0 Å². The summed E-state index contributed by atoms with van der Waals surface area (Å²) in [5.41, 5.74) is 6.95. The van der Waals surface area contributed by atoms with Crippen molar-refractivity contribution in [3.63, 3.8) is 0 Å². The highest BCUT2D eigenvalue weighted by Gasteiger charge is 2.24. The fraction of sp³-hybridized carbons (Fsp3) is 0.357. The Morgan fingerprint density at radius 3 is 2.25 bits per heavy atom. The fourth-order valence-corrected chi connectivity index (χ4v) is 1.66. The molecule has 3 N–H and O–H groups in total. The first kappa shape index (κ1) is 15.8. The Kier molecular flexibility index (Phi) is 5.86. The van der Waals surface area contributed by atoms with Crippen molar-refractivity contribution in [2.75, 3.05) is 18.4 Å². The highest BCUT2D eigenvalue weighted by molar-refractivity contribution is 6.41. The van der Waals surface area contributed by atoms with E-state index in [1.165, 1.54) is 6.92 Å². The van der Waals surface area contributed by atoms with E-state index in [0.717, 1.165) is 16.9 Å². The molecule has 0 saturated carbocycles. The second-order valence-corrected chi connectivity index (χ2v) is 4.27. The number of nitrogens with two attached hydrogens (primary N) is 1. The van der Waals surface area contributed by atoms with Gasteiger partial charge in [-0.15, -0.1) is 0 Å². The summed E-state index contributed by atoms with van der Waals surface area (Å²) in [7, 11) is 0. The number of hydrogen-bond acceptors (Lipinski definition) is 4. The van der Waals surface area contributed by atoms with Crippen molar-refractivity contribution in [1.29, 1.82) is 0 Å². The smallest absolute Gasteiger partial charge is 0.318 e. The van der Waals surface area contributed by atoms with Crippen molar-refractivity contribution in [3.8, 4) is 0 Å². The topological polar surface area (TPSA) is 92.5 Å². The lowest BCUT2D eigenvalue weighted by Gasteiger charge is -2.17. The molecule has 0 bridgehead atoms. The molecule has 20 heavy (non-hydrogen) atoms. The second kappa shape index (κ2) is 7.40. The van der Waals surface area contributed by atoms with Crippen molar-refractivity contribution in [2.45, 2.75) is 20.3 Å². The second-order valence-electron chi connectivity index (χ2n) is 4.27. The molecular weight excluding hydrogens is 258 g/mol. The van der Waals surface area contributed by atoms with Crippen LogP contribution in [0.15, 0.2) is 24.3 Å². The Bertz CT molecular complexity index is 497. The molecule has 0 spiro atoms. The van der Waals surface area contributed by atoms with Gasteiger partial charge in [0.15, 0.2) is 0 Å². The minimum Gasteiger partial charge on any atom is -0.329 e. The van der Waals surface area contributed by atoms with E-state index in [9.17, 15) is 14.4 Å². The summed E-state index contributed by atoms with van der Waals surface area (Å²) in [6.07, 6.45) is 0.891. The highest BCUT2D eigenvalue weighted by atomic mass is 16.2. The SMILES string of the molecule is CCc1ccc(NC(=O)C(=O)N(CCN)C(C)=O)cc1. The van der Waals surface area contributed by atoms with Gasteiger partial charge >= 0.3 is 11.8 Å². The molecular formula is C14H19N3O3. The summed E-state index contributed by atoms with van der Waals surface area (Å²) in [5, 5.41) is 2.46. The minimum absolute atomic E-state index is 0.0242. The van der Waals surface area contributed by atoms with Crippen LogP contribution in [0.5, 0.6) is 0 Å². The molecule has 0 heterocycles. The molecule has 0 fully saturated rings. The normalized spacial score (nSPS) is 9.95. The summed E-state index contributed by atoms with van der Waals surface area (Å²) in [4.78, 5) is 35.7. The van der Waals surface area contributed by atoms with Gasteiger partial charge in [-0.05, 0) is 24.1 Å². The lowest BCUT2D eigenvalue weighted by Crippen LogP contribution is -2.44. The monoisotopic (exact) mass is 277 g/mol. The Balaban J connectivity index is 2.73. The molecule has 0 radical (unpaired) electrons. The van der Waals surface area contributed by atoms with E-state index < -0.39 is 17.7 Å². The summed E-state index contributed by atoms with van der Waals surface area (Å²) in [6, 6.07) is 7.15. The molecule has 1 aromatic carbocycles. The summed E-state index contributed by atoms with van der Waals surface area (Å²) in [6.45, 7) is 3.38. The highest BCUT2D eigenvalue weighted by Crippen LogP contribution is 2.10. The zero-order chi connectivity index (χ0) is 15.1. The van der Waals surface area contributed by atoms with E-state index in [4.69, 9.17) is 5.73 Å². The molecule has 0 aromatic heterocycles. The van der Waals surface area contributed by atoms with Gasteiger partial charge in [0.1, 0.15) is 0 Å². The molecule has 0 aliphatic rings. The third kappa shape index (κ3) is 4.17. The number of aryl methyl sites for hydroxylation is 1. The van der Waals surface area contributed by atoms with Crippen molar-refractivity contribution in [2.24, 2.45) is 5.73 Å². The standard InChI is InChI=1S/C14H19N3O3/c1-3-11-4-6-12(7-5-11)16-13(19)14(20)17(9-8-15)10(2)18/h4-7H,3,8-9,15H2,1-2H3,(H,16,19). The van der Waals surface area contributed by atoms with Crippen LogP contribution in [-0.4, -0.2) is 35.7 Å². The third-order valence-electron chi connectivity index (χ3n) is 2.79. The van der Waals surface area contributed by atoms with Gasteiger partial charge in [0.05, 0.1) is 0 Å². The largest absolute Gasteiger partial charge is 0.329 e. The Hall–Kier alpha value is -2.21. The lowest BCUT2D eigenvalue weighted by molar-refractivity contribution is -0.149. The van der Waals surface area contributed by atoms with Crippen LogP contribution in [0.4, 0.5) is 5.69 Å². The summed E-state index contributed by atoms with van der Waals surface area (Å²) >= 11 is 0. The molecule has 6 heteroatoms. The number of carbonyl (C=O) groups excluding carboxylic acids is 3. The average Bonchev–Trinajstić information content (AvgIpc) is 2.44. The molecule has 1 aromatic rings. The van der Waals surface area contributed by atoms with Crippen LogP contribution in [0.1, 0.15) is 19.4 Å². The quantitative estimate of drug-likeness (QED) is 0.785. The first-order valence-electron chi connectivity index (χ1n) is 6.42.